The molecule has 3 aromatic rings. The highest BCUT2D eigenvalue weighted by Gasteiger charge is 2.77. The predicted molar refractivity (Wildman–Crippen MR) is 169 cm³/mol. The Kier molecular flexibility index (Phi) is 7.71. The maximum absolute atomic E-state index is 15.3. The number of likely N-dealkylation sites (tertiary alicyclic amines) is 1. The Bertz CT molecular complexity index is 1680. The molecule has 6 atom stereocenters. The number of amides is 2. The minimum atomic E-state index is -2.10. The molecule has 248 valence electrons. The van der Waals surface area contributed by atoms with Gasteiger partial charge in [-0.15, -0.1) is 0 Å². The summed E-state index contributed by atoms with van der Waals surface area (Å²) in [7, 11) is 3.00. The third kappa shape index (κ3) is 4.62. The first kappa shape index (κ1) is 31.1. The van der Waals surface area contributed by atoms with Gasteiger partial charge in [-0.25, -0.2) is 0 Å². The molecular weight excluding hydrogens is 604 g/mol. The van der Waals surface area contributed by atoms with Gasteiger partial charge in [0.1, 0.15) is 29.4 Å². The molecule has 3 N–H and O–H groups in total. The highest BCUT2D eigenvalue weighted by atomic mass is 16.7. The third-order valence-electron chi connectivity index (χ3n) is 9.98. The number of carbonyl (C=O) groups excluding carboxylic acids is 2. The lowest BCUT2D eigenvalue weighted by molar-refractivity contribution is -0.163. The van der Waals surface area contributed by atoms with Crippen LogP contribution in [0.1, 0.15) is 55.7 Å². The lowest BCUT2D eigenvalue weighted by Gasteiger charge is -2.45. The van der Waals surface area contributed by atoms with Crippen molar-refractivity contribution in [1.29, 1.82) is 0 Å². The van der Waals surface area contributed by atoms with Crippen molar-refractivity contribution in [3.63, 3.8) is 0 Å². The smallest absolute Gasteiger partial charge is 0.232 e. The molecule has 2 bridgehead atoms. The van der Waals surface area contributed by atoms with Crippen LogP contribution in [0.15, 0.2) is 60.7 Å². The van der Waals surface area contributed by atoms with Crippen LogP contribution >= 0.6 is 0 Å². The van der Waals surface area contributed by atoms with Crippen LogP contribution in [0.3, 0.4) is 0 Å². The number of methoxy groups -OCH3 is 2. The standard InChI is InChI=1S/C36H40N2O9/c1-20(2)17-27(39)37-26-11-8-16-38(26)33(40)30-28(21-9-6-5-7-10-21)35(42)29-24(18-25-31(32(29)44-4)46-19-45-25)47-36(30,34(35)41)22-12-14-23(43-3)15-13-22/h5-7,9-10,12-15,18,20,26,28,30,34,41-42H,8,11,16-17,19H2,1-4H3,(H,37,39)/t26?,28-,30+,34-,35+,36-/m0/s1. The molecule has 2 fully saturated rings. The number of hydrogen-bond acceptors (Lipinski definition) is 9. The van der Waals surface area contributed by atoms with E-state index in [2.05, 4.69) is 5.32 Å². The maximum atomic E-state index is 15.3. The largest absolute Gasteiger partial charge is 0.497 e. The predicted octanol–water partition coefficient (Wildman–Crippen LogP) is 3.79. The number of aliphatic hydroxyl groups is 2. The summed E-state index contributed by atoms with van der Waals surface area (Å²) in [6.45, 7) is 4.27. The van der Waals surface area contributed by atoms with Crippen molar-refractivity contribution < 1.29 is 43.5 Å². The molecule has 1 saturated heterocycles. The minimum absolute atomic E-state index is 0.0543. The summed E-state index contributed by atoms with van der Waals surface area (Å²) in [4.78, 5) is 29.8. The number of carbonyl (C=O) groups is 2. The van der Waals surface area contributed by atoms with E-state index < -0.39 is 35.3 Å². The summed E-state index contributed by atoms with van der Waals surface area (Å²) in [6.07, 6.45) is -0.610. The van der Waals surface area contributed by atoms with Crippen LogP contribution in [-0.4, -0.2) is 66.8 Å². The van der Waals surface area contributed by atoms with Crippen LogP contribution in [-0.2, 0) is 20.8 Å². The second kappa shape index (κ2) is 11.6. The van der Waals surface area contributed by atoms with Gasteiger partial charge < -0.3 is 44.1 Å². The number of rotatable bonds is 8. The van der Waals surface area contributed by atoms with Gasteiger partial charge in [-0.1, -0.05) is 56.3 Å². The minimum Gasteiger partial charge on any atom is -0.497 e. The topological polar surface area (TPSA) is 136 Å². The molecule has 3 heterocycles. The molecule has 1 saturated carbocycles. The molecule has 3 aromatic carbocycles. The number of benzene rings is 3. The molecule has 7 rings (SSSR count). The summed E-state index contributed by atoms with van der Waals surface area (Å²) in [5, 5.41) is 28.9. The molecule has 11 nitrogen and oxygen atoms in total. The number of hydrogen-bond donors (Lipinski definition) is 3. The Hall–Kier alpha value is -4.48. The zero-order valence-corrected chi connectivity index (χ0v) is 26.9. The van der Waals surface area contributed by atoms with Crippen molar-refractivity contribution in [2.24, 2.45) is 11.8 Å². The van der Waals surface area contributed by atoms with Crippen LogP contribution in [0.5, 0.6) is 28.7 Å². The van der Waals surface area contributed by atoms with Crippen LogP contribution in [0.4, 0.5) is 0 Å². The first-order valence-electron chi connectivity index (χ1n) is 16.0. The van der Waals surface area contributed by atoms with Crippen LogP contribution < -0.4 is 29.0 Å². The molecule has 11 heteroatoms. The fourth-order valence-electron chi connectivity index (χ4n) is 8.06. The van der Waals surface area contributed by atoms with Crippen molar-refractivity contribution in [3.8, 4) is 28.7 Å². The fourth-order valence-corrected chi connectivity index (χ4v) is 8.06. The summed E-state index contributed by atoms with van der Waals surface area (Å²) in [6, 6.07) is 17.8. The molecule has 2 amide bonds. The first-order chi connectivity index (χ1) is 22.6. The highest BCUT2D eigenvalue weighted by molar-refractivity contribution is 5.86. The average Bonchev–Trinajstić information content (AvgIpc) is 3.76. The van der Waals surface area contributed by atoms with Crippen LogP contribution in [0.25, 0.3) is 0 Å². The van der Waals surface area contributed by atoms with E-state index in [1.807, 2.05) is 44.2 Å². The van der Waals surface area contributed by atoms with E-state index >= 15 is 4.79 Å². The van der Waals surface area contributed by atoms with Crippen molar-refractivity contribution in [3.05, 3.63) is 77.4 Å². The molecular formula is C36H40N2O9. The second-order valence-corrected chi connectivity index (χ2v) is 13.1. The third-order valence-corrected chi connectivity index (χ3v) is 9.98. The molecule has 0 aromatic heterocycles. The average molecular weight is 645 g/mol. The van der Waals surface area contributed by atoms with Gasteiger partial charge in [-0.05, 0) is 42.0 Å². The Balaban J connectivity index is 1.46. The van der Waals surface area contributed by atoms with Gasteiger partial charge >= 0.3 is 0 Å². The Labute approximate surface area is 273 Å². The summed E-state index contributed by atoms with van der Waals surface area (Å²) < 4.78 is 29.7. The molecule has 4 aliphatic rings. The SMILES string of the molecule is COc1ccc([C@]23Oc4cc5c(c(OC)c4[C@](O)([C@@H](c4ccccc4)[C@@H]2C(=O)N2CCCC2NC(=O)CC(C)C)[C@@H]3O)OCO5)cc1. The summed E-state index contributed by atoms with van der Waals surface area (Å²) in [5.41, 5.74) is -2.61. The van der Waals surface area contributed by atoms with Gasteiger partial charge in [-0.3, -0.25) is 9.59 Å². The highest BCUT2D eigenvalue weighted by Crippen LogP contribution is 2.70. The Morgan fingerprint density at radius 2 is 1.79 bits per heavy atom. The van der Waals surface area contributed by atoms with E-state index in [-0.39, 0.29) is 47.3 Å². The van der Waals surface area contributed by atoms with Crippen LogP contribution in [0.2, 0.25) is 0 Å². The Morgan fingerprint density at radius 3 is 2.47 bits per heavy atom. The quantitative estimate of drug-likeness (QED) is 0.335. The molecule has 47 heavy (non-hydrogen) atoms. The lowest BCUT2D eigenvalue weighted by atomic mass is 9.74. The number of aliphatic hydroxyl groups excluding tert-OH is 1. The van der Waals surface area contributed by atoms with E-state index in [0.717, 1.165) is 0 Å². The first-order valence-corrected chi connectivity index (χ1v) is 16.0. The van der Waals surface area contributed by atoms with E-state index in [9.17, 15) is 15.0 Å². The zero-order chi connectivity index (χ0) is 33.1. The van der Waals surface area contributed by atoms with E-state index in [0.29, 0.717) is 48.4 Å². The fraction of sp³-hybridized carbons (Fsp3) is 0.444. The van der Waals surface area contributed by atoms with Crippen molar-refractivity contribution >= 4 is 11.8 Å². The molecule has 0 spiro atoms. The van der Waals surface area contributed by atoms with Crippen molar-refractivity contribution in [2.45, 2.75) is 62.5 Å². The molecule has 1 aliphatic carbocycles. The van der Waals surface area contributed by atoms with E-state index in [1.165, 1.54) is 7.11 Å². The van der Waals surface area contributed by atoms with E-state index in [4.69, 9.17) is 23.7 Å². The Morgan fingerprint density at radius 1 is 1.04 bits per heavy atom. The summed E-state index contributed by atoms with van der Waals surface area (Å²) in [5.74, 6) is -0.947. The summed E-state index contributed by atoms with van der Waals surface area (Å²) >= 11 is 0. The normalized spacial score (nSPS) is 28.5. The number of fused-ring (bicyclic) bond motifs is 5. The van der Waals surface area contributed by atoms with Gasteiger partial charge in [-0.2, -0.15) is 0 Å². The number of ether oxygens (including phenoxy) is 5. The van der Waals surface area contributed by atoms with Gasteiger partial charge in [0.25, 0.3) is 0 Å². The lowest BCUT2D eigenvalue weighted by Crippen LogP contribution is -2.58. The van der Waals surface area contributed by atoms with Crippen LogP contribution in [0, 0.1) is 11.8 Å². The molecule has 3 aliphatic heterocycles. The van der Waals surface area contributed by atoms with Gasteiger partial charge in [0.05, 0.1) is 25.7 Å². The number of nitrogens with one attached hydrogen (secondary N) is 1. The van der Waals surface area contributed by atoms with E-state index in [1.54, 1.807) is 42.3 Å². The van der Waals surface area contributed by atoms with Gasteiger partial charge in [0.2, 0.25) is 24.4 Å². The molecule has 0 radical (unpaired) electrons. The van der Waals surface area contributed by atoms with Crippen molar-refractivity contribution in [1.82, 2.24) is 10.2 Å². The zero-order valence-electron chi connectivity index (χ0n) is 26.9. The van der Waals surface area contributed by atoms with Gasteiger partial charge in [0, 0.05) is 24.9 Å². The van der Waals surface area contributed by atoms with Gasteiger partial charge in [0.15, 0.2) is 17.1 Å². The maximum Gasteiger partial charge on any atom is 0.232 e. The number of nitrogens with zero attached hydrogens (tertiary/aromatic N) is 1. The van der Waals surface area contributed by atoms with Crippen molar-refractivity contribution in [2.75, 3.05) is 27.6 Å². The monoisotopic (exact) mass is 644 g/mol. The second-order valence-electron chi connectivity index (χ2n) is 13.1. The molecule has 1 unspecified atom stereocenters.